The maximum Gasteiger partial charge on any atom is 0.141 e. The van der Waals surface area contributed by atoms with Gasteiger partial charge in [-0.3, -0.25) is 0 Å². The predicted octanol–water partition coefficient (Wildman–Crippen LogP) is 10.6. The van der Waals surface area contributed by atoms with Crippen molar-refractivity contribution in [3.05, 3.63) is 178 Å². The molecule has 0 heterocycles. The predicted molar refractivity (Wildman–Crippen MR) is 200 cm³/mol. The molecule has 0 radical (unpaired) electrons. The standard InChI is InChI=1S/C46H42O2/c1-43(2,3)35-15-19-37(20-16-35)45(47)39-25-31-13-9-10-14-32(31)26-40(39)46(48,38-21-17-36(18-22-38)44(4,5)6)42-28-34-24-30-12-8-7-11-29(30)23-33(34)27-41(42)45/h7-28,47-48H,1-6H3. The Morgan fingerprint density at radius 2 is 0.625 bits per heavy atom. The molecular weight excluding hydrogens is 585 g/mol. The molecule has 2 nitrogen and oxygen atoms in total. The van der Waals surface area contributed by atoms with Gasteiger partial charge in [0.2, 0.25) is 0 Å². The van der Waals surface area contributed by atoms with Crippen molar-refractivity contribution in [2.45, 2.75) is 63.6 Å². The Kier molecular flexibility index (Phi) is 6.60. The van der Waals surface area contributed by atoms with Gasteiger partial charge in [0.25, 0.3) is 0 Å². The minimum absolute atomic E-state index is 0.0313. The molecule has 2 heteroatoms. The zero-order valence-corrected chi connectivity index (χ0v) is 28.6. The first-order chi connectivity index (χ1) is 22.8. The van der Waals surface area contributed by atoms with E-state index in [0.29, 0.717) is 22.3 Å². The fourth-order valence-corrected chi connectivity index (χ4v) is 7.76. The average molecular weight is 627 g/mol. The second-order valence-corrected chi connectivity index (χ2v) is 15.8. The van der Waals surface area contributed by atoms with Crippen LogP contribution in [0.5, 0.6) is 0 Å². The van der Waals surface area contributed by atoms with Gasteiger partial charge in [0.15, 0.2) is 0 Å². The summed E-state index contributed by atoms with van der Waals surface area (Å²) in [5, 5.41) is 33.3. The van der Waals surface area contributed by atoms with E-state index in [0.717, 1.165) is 43.4 Å². The quantitative estimate of drug-likeness (QED) is 0.188. The zero-order chi connectivity index (χ0) is 33.6. The van der Waals surface area contributed by atoms with Crippen molar-refractivity contribution in [1.29, 1.82) is 0 Å². The number of aliphatic hydroxyl groups is 2. The summed E-state index contributed by atoms with van der Waals surface area (Å²) < 4.78 is 0. The molecule has 2 atom stereocenters. The molecule has 0 aromatic heterocycles. The normalized spacial score (nSPS) is 19.4. The van der Waals surface area contributed by atoms with Crippen molar-refractivity contribution in [2.24, 2.45) is 0 Å². The maximum absolute atomic E-state index is 13.5. The summed E-state index contributed by atoms with van der Waals surface area (Å²) in [6, 6.07) is 46.2. The van der Waals surface area contributed by atoms with Crippen LogP contribution >= 0.6 is 0 Å². The summed E-state index contributed by atoms with van der Waals surface area (Å²) in [7, 11) is 0. The smallest absolute Gasteiger partial charge is 0.141 e. The Morgan fingerprint density at radius 1 is 0.354 bits per heavy atom. The van der Waals surface area contributed by atoms with Gasteiger partial charge < -0.3 is 10.2 Å². The Balaban J connectivity index is 1.51. The van der Waals surface area contributed by atoms with E-state index >= 15 is 0 Å². The second kappa shape index (κ2) is 10.4. The third kappa shape index (κ3) is 4.54. The molecule has 0 saturated carbocycles. The van der Waals surface area contributed by atoms with Crippen molar-refractivity contribution >= 4 is 32.3 Å². The highest BCUT2D eigenvalue weighted by molar-refractivity contribution is 5.99. The zero-order valence-electron chi connectivity index (χ0n) is 28.6. The van der Waals surface area contributed by atoms with Crippen molar-refractivity contribution in [2.75, 3.05) is 0 Å². The van der Waals surface area contributed by atoms with Crippen molar-refractivity contribution in [1.82, 2.24) is 0 Å². The van der Waals surface area contributed by atoms with E-state index in [-0.39, 0.29) is 10.8 Å². The Morgan fingerprint density at radius 3 is 0.917 bits per heavy atom. The topological polar surface area (TPSA) is 40.5 Å². The van der Waals surface area contributed by atoms with E-state index in [2.05, 4.69) is 163 Å². The molecule has 48 heavy (non-hydrogen) atoms. The summed E-state index contributed by atoms with van der Waals surface area (Å²) in [4.78, 5) is 0. The van der Waals surface area contributed by atoms with Gasteiger partial charge in [0.05, 0.1) is 0 Å². The molecule has 2 N–H and O–H groups in total. The number of hydrogen-bond donors (Lipinski definition) is 2. The molecule has 0 spiro atoms. The van der Waals surface area contributed by atoms with Crippen molar-refractivity contribution in [3.8, 4) is 0 Å². The van der Waals surface area contributed by atoms with Crippen LogP contribution in [0.2, 0.25) is 0 Å². The van der Waals surface area contributed by atoms with E-state index in [1.807, 2.05) is 12.1 Å². The van der Waals surface area contributed by atoms with E-state index in [1.54, 1.807) is 0 Å². The van der Waals surface area contributed by atoms with Crippen LogP contribution in [-0.4, -0.2) is 10.2 Å². The minimum Gasteiger partial charge on any atom is -0.376 e. The van der Waals surface area contributed by atoms with Crippen molar-refractivity contribution in [3.63, 3.8) is 0 Å². The van der Waals surface area contributed by atoms with E-state index in [1.165, 1.54) is 11.1 Å². The second-order valence-electron chi connectivity index (χ2n) is 15.8. The van der Waals surface area contributed by atoms with Crippen LogP contribution in [0, 0.1) is 0 Å². The lowest BCUT2D eigenvalue weighted by molar-refractivity contribution is 0.0752. The van der Waals surface area contributed by atoms with Gasteiger partial charge >= 0.3 is 0 Å². The first kappa shape index (κ1) is 30.6. The molecule has 0 aliphatic heterocycles. The molecule has 1 aliphatic rings. The lowest BCUT2D eigenvalue weighted by Gasteiger charge is -2.46. The van der Waals surface area contributed by atoms with Crippen LogP contribution in [0.15, 0.2) is 133 Å². The monoisotopic (exact) mass is 626 g/mol. The summed E-state index contributed by atoms with van der Waals surface area (Å²) >= 11 is 0. The maximum atomic E-state index is 13.5. The fourth-order valence-electron chi connectivity index (χ4n) is 7.76. The molecule has 0 saturated heterocycles. The van der Waals surface area contributed by atoms with Gasteiger partial charge in [-0.1, -0.05) is 139 Å². The van der Waals surface area contributed by atoms with Gasteiger partial charge in [-0.25, -0.2) is 0 Å². The average Bonchev–Trinajstić information content (AvgIpc) is 3.08. The fraction of sp³-hybridized carbons (Fsp3) is 0.217. The minimum atomic E-state index is -1.53. The molecule has 2 unspecified atom stereocenters. The Labute approximate surface area is 283 Å². The summed E-state index contributed by atoms with van der Waals surface area (Å²) in [6.45, 7) is 13.2. The molecular formula is C46H42O2. The van der Waals surface area contributed by atoms with E-state index in [4.69, 9.17) is 0 Å². The molecule has 0 fully saturated rings. The summed E-state index contributed by atoms with van der Waals surface area (Å²) in [5.74, 6) is 0. The molecule has 7 aromatic rings. The summed E-state index contributed by atoms with van der Waals surface area (Å²) in [5.41, 5.74) is 3.61. The highest BCUT2D eigenvalue weighted by Gasteiger charge is 2.51. The van der Waals surface area contributed by atoms with Crippen LogP contribution in [0.3, 0.4) is 0 Å². The van der Waals surface area contributed by atoms with Crippen LogP contribution in [-0.2, 0) is 22.0 Å². The van der Waals surface area contributed by atoms with Crippen LogP contribution in [0.4, 0.5) is 0 Å². The molecule has 1 aliphatic carbocycles. The highest BCUT2D eigenvalue weighted by atomic mass is 16.3. The first-order valence-corrected chi connectivity index (χ1v) is 17.0. The van der Waals surface area contributed by atoms with Crippen LogP contribution in [0.25, 0.3) is 32.3 Å². The summed E-state index contributed by atoms with van der Waals surface area (Å²) in [6.07, 6.45) is 0. The van der Waals surface area contributed by atoms with Gasteiger partial charge in [-0.05, 0) is 102 Å². The van der Waals surface area contributed by atoms with Crippen molar-refractivity contribution < 1.29 is 10.2 Å². The van der Waals surface area contributed by atoms with Gasteiger partial charge in [-0.15, -0.1) is 0 Å². The number of fused-ring (bicyclic) bond motifs is 5. The molecule has 238 valence electrons. The van der Waals surface area contributed by atoms with Gasteiger partial charge in [-0.2, -0.15) is 0 Å². The van der Waals surface area contributed by atoms with Gasteiger partial charge in [0, 0.05) is 22.3 Å². The number of benzene rings is 7. The SMILES string of the molecule is CC(C)(C)c1ccc(C2(O)c3cc4ccccc4cc3C(O)(c3ccc(C(C)(C)C)cc3)c3cc4cc5ccccc5cc4cc32)cc1. The van der Waals surface area contributed by atoms with E-state index in [9.17, 15) is 10.2 Å². The molecule has 7 aromatic carbocycles. The van der Waals surface area contributed by atoms with Crippen LogP contribution in [0.1, 0.15) is 86.1 Å². The lowest BCUT2D eigenvalue weighted by Crippen LogP contribution is -2.44. The lowest BCUT2D eigenvalue weighted by atomic mass is 9.62. The molecule has 0 amide bonds. The Bertz CT molecular complexity index is 2200. The third-order valence-electron chi connectivity index (χ3n) is 10.6. The van der Waals surface area contributed by atoms with E-state index < -0.39 is 11.2 Å². The first-order valence-electron chi connectivity index (χ1n) is 17.0. The largest absolute Gasteiger partial charge is 0.376 e. The van der Waals surface area contributed by atoms with Gasteiger partial charge in [0.1, 0.15) is 11.2 Å². The highest BCUT2D eigenvalue weighted by Crippen LogP contribution is 2.55. The molecule has 8 rings (SSSR count). The Hall–Kier alpha value is -4.76. The molecule has 0 bridgehead atoms. The number of rotatable bonds is 2. The number of hydrogen-bond acceptors (Lipinski definition) is 2. The van der Waals surface area contributed by atoms with Crippen LogP contribution < -0.4 is 0 Å². The third-order valence-corrected chi connectivity index (χ3v) is 10.6.